The molecule has 0 rings (SSSR count). The second-order valence-electron chi connectivity index (χ2n) is 3.46. The maximum atomic E-state index is 11.2. The third-order valence-electron chi connectivity index (χ3n) is 1.52. The highest BCUT2D eigenvalue weighted by Gasteiger charge is 2.01. The van der Waals surface area contributed by atoms with E-state index in [2.05, 4.69) is 21.1 Å². The quantitative estimate of drug-likeness (QED) is 0.212. The summed E-state index contributed by atoms with van der Waals surface area (Å²) < 4.78 is 0. The summed E-state index contributed by atoms with van der Waals surface area (Å²) in [4.78, 5) is 15.2. The number of aliphatic imine (C=N–C) groups is 1. The van der Waals surface area contributed by atoms with Crippen LogP contribution < -0.4 is 21.9 Å². The van der Waals surface area contributed by atoms with Gasteiger partial charge >= 0.3 is 0 Å². The number of hydrazine groups is 1. The number of nitrogens with two attached hydrogens (primary N) is 1. The number of guanidine groups is 1. The minimum absolute atomic E-state index is 0.0826. The first-order valence-electron chi connectivity index (χ1n) is 5.14. The Bertz CT molecular complexity index is 215. The number of hydrogen-bond donors (Lipinski definition) is 4. The predicted molar refractivity (Wildman–Crippen MR) is 61.2 cm³/mol. The van der Waals surface area contributed by atoms with Gasteiger partial charge in [0, 0.05) is 12.6 Å². The summed E-state index contributed by atoms with van der Waals surface area (Å²) in [6.07, 6.45) is 0.918. The monoisotopic (exact) mass is 215 g/mol. The van der Waals surface area contributed by atoms with Gasteiger partial charge in [0.05, 0.1) is 0 Å². The number of hydrogen-bond acceptors (Lipinski definition) is 3. The van der Waals surface area contributed by atoms with Crippen LogP contribution in [0.4, 0.5) is 0 Å². The fourth-order valence-electron chi connectivity index (χ4n) is 0.878. The van der Waals surface area contributed by atoms with Gasteiger partial charge in [-0.15, -0.1) is 0 Å². The average Bonchev–Trinajstić information content (AvgIpc) is 2.20. The van der Waals surface area contributed by atoms with Crippen molar-refractivity contribution in [3.8, 4) is 0 Å². The molecule has 0 aromatic carbocycles. The van der Waals surface area contributed by atoms with E-state index in [9.17, 15) is 4.79 Å². The Labute approximate surface area is 90.7 Å². The molecule has 1 amide bonds. The zero-order valence-corrected chi connectivity index (χ0v) is 9.63. The normalized spacial score (nSPS) is 11.4. The summed E-state index contributed by atoms with van der Waals surface area (Å²) >= 11 is 0. The smallest absolute Gasteiger partial charge is 0.241 e. The summed E-state index contributed by atoms with van der Waals surface area (Å²) in [5.41, 5.74) is 2.40. The fraction of sp³-hybridized carbons (Fsp3) is 0.778. The highest BCUT2D eigenvalue weighted by molar-refractivity contribution is 5.84. The predicted octanol–water partition coefficient (Wildman–Crippen LogP) is -0.670. The molecule has 6 nitrogen and oxygen atoms in total. The minimum Gasteiger partial charge on any atom is -0.355 e. The molecular weight excluding hydrogens is 194 g/mol. The molecule has 0 atom stereocenters. The Morgan fingerprint density at radius 2 is 2.13 bits per heavy atom. The van der Waals surface area contributed by atoms with Gasteiger partial charge in [0.2, 0.25) is 11.9 Å². The molecule has 15 heavy (non-hydrogen) atoms. The van der Waals surface area contributed by atoms with Crippen LogP contribution in [0.1, 0.15) is 27.2 Å². The first kappa shape index (κ1) is 13.7. The lowest BCUT2D eigenvalue weighted by Gasteiger charge is -2.11. The molecule has 6 heteroatoms. The molecule has 88 valence electrons. The van der Waals surface area contributed by atoms with Gasteiger partial charge < -0.3 is 10.6 Å². The molecule has 0 aliphatic rings. The van der Waals surface area contributed by atoms with Crippen molar-refractivity contribution in [2.45, 2.75) is 33.2 Å². The van der Waals surface area contributed by atoms with Crippen molar-refractivity contribution in [2.24, 2.45) is 10.8 Å². The van der Waals surface area contributed by atoms with Gasteiger partial charge in [-0.1, -0.05) is 6.92 Å². The number of carbonyl (C=O) groups excluding carboxylic acids is 1. The van der Waals surface area contributed by atoms with Crippen molar-refractivity contribution >= 4 is 11.9 Å². The molecule has 0 spiro atoms. The van der Waals surface area contributed by atoms with E-state index in [0.29, 0.717) is 12.5 Å². The molecule has 0 saturated heterocycles. The van der Waals surface area contributed by atoms with E-state index in [-0.39, 0.29) is 18.5 Å². The molecule has 0 bridgehead atoms. The lowest BCUT2D eigenvalue weighted by molar-refractivity contribution is -0.119. The highest BCUT2D eigenvalue weighted by Crippen LogP contribution is 1.79. The van der Waals surface area contributed by atoms with Crippen LogP contribution in [0.3, 0.4) is 0 Å². The topological polar surface area (TPSA) is 91.5 Å². The van der Waals surface area contributed by atoms with Crippen molar-refractivity contribution in [1.82, 2.24) is 16.1 Å². The standard InChI is InChI=1S/C9H21N5O/c1-4-5-11-8(15)6-12-9(14-10)13-7(2)3/h7H,4-6,10H2,1-3H3,(H,11,15)(H2,12,13,14). The largest absolute Gasteiger partial charge is 0.355 e. The van der Waals surface area contributed by atoms with Crippen LogP contribution in [-0.4, -0.2) is 31.0 Å². The van der Waals surface area contributed by atoms with Crippen LogP contribution in [0.15, 0.2) is 4.99 Å². The maximum Gasteiger partial charge on any atom is 0.241 e. The number of amides is 1. The molecule has 0 radical (unpaired) electrons. The number of nitrogens with one attached hydrogen (secondary N) is 3. The number of rotatable bonds is 5. The first-order valence-corrected chi connectivity index (χ1v) is 5.14. The van der Waals surface area contributed by atoms with Gasteiger partial charge in [0.1, 0.15) is 6.54 Å². The van der Waals surface area contributed by atoms with Crippen molar-refractivity contribution in [3.63, 3.8) is 0 Å². The van der Waals surface area contributed by atoms with Crippen LogP contribution >= 0.6 is 0 Å². The number of nitrogens with zero attached hydrogens (tertiary/aromatic N) is 1. The van der Waals surface area contributed by atoms with Crippen LogP contribution in [0, 0.1) is 0 Å². The molecule has 0 saturated carbocycles. The zero-order valence-electron chi connectivity index (χ0n) is 9.63. The van der Waals surface area contributed by atoms with Crippen molar-refractivity contribution in [3.05, 3.63) is 0 Å². The van der Waals surface area contributed by atoms with Gasteiger partial charge in [-0.2, -0.15) is 0 Å². The summed E-state index contributed by atoms with van der Waals surface area (Å²) in [5, 5.41) is 5.70. The Hall–Kier alpha value is -1.30. The van der Waals surface area contributed by atoms with Crippen molar-refractivity contribution in [2.75, 3.05) is 13.1 Å². The lowest BCUT2D eigenvalue weighted by atomic mass is 10.4. The highest BCUT2D eigenvalue weighted by atomic mass is 16.1. The lowest BCUT2D eigenvalue weighted by Crippen LogP contribution is -2.45. The second-order valence-corrected chi connectivity index (χ2v) is 3.46. The molecule has 5 N–H and O–H groups in total. The van der Waals surface area contributed by atoms with Crippen LogP contribution in [0.5, 0.6) is 0 Å². The Balaban J connectivity index is 3.93. The van der Waals surface area contributed by atoms with Gasteiger partial charge in [-0.3, -0.25) is 10.2 Å². The van der Waals surface area contributed by atoms with Crippen LogP contribution in [-0.2, 0) is 4.79 Å². The van der Waals surface area contributed by atoms with E-state index >= 15 is 0 Å². The summed E-state index contributed by atoms with van der Waals surface area (Å²) in [6, 6.07) is 0.221. The fourth-order valence-corrected chi connectivity index (χ4v) is 0.878. The molecule has 0 aromatic heterocycles. The van der Waals surface area contributed by atoms with Gasteiger partial charge in [-0.25, -0.2) is 10.8 Å². The summed E-state index contributed by atoms with van der Waals surface area (Å²) in [7, 11) is 0. The van der Waals surface area contributed by atoms with Gasteiger partial charge in [0.25, 0.3) is 0 Å². The number of carbonyl (C=O) groups is 1. The third-order valence-corrected chi connectivity index (χ3v) is 1.52. The third kappa shape index (κ3) is 7.75. The van der Waals surface area contributed by atoms with E-state index in [1.165, 1.54) is 0 Å². The molecular formula is C9H21N5O. The van der Waals surface area contributed by atoms with Crippen LogP contribution in [0.2, 0.25) is 0 Å². The van der Waals surface area contributed by atoms with Crippen molar-refractivity contribution in [1.29, 1.82) is 0 Å². The zero-order chi connectivity index (χ0) is 11.7. The Morgan fingerprint density at radius 3 is 2.60 bits per heavy atom. The average molecular weight is 215 g/mol. The van der Waals surface area contributed by atoms with Crippen LogP contribution in [0.25, 0.3) is 0 Å². The molecule has 0 unspecified atom stereocenters. The van der Waals surface area contributed by atoms with E-state index in [1.54, 1.807) is 0 Å². The van der Waals surface area contributed by atoms with Crippen molar-refractivity contribution < 1.29 is 4.79 Å². The summed E-state index contributed by atoms with van der Waals surface area (Å²) in [5.74, 6) is 5.56. The van der Waals surface area contributed by atoms with E-state index < -0.39 is 0 Å². The van der Waals surface area contributed by atoms with E-state index in [1.807, 2.05) is 20.8 Å². The van der Waals surface area contributed by atoms with Gasteiger partial charge in [0.15, 0.2) is 0 Å². The van der Waals surface area contributed by atoms with E-state index in [4.69, 9.17) is 5.84 Å². The molecule has 0 fully saturated rings. The summed E-state index contributed by atoms with van der Waals surface area (Å²) in [6.45, 7) is 6.68. The van der Waals surface area contributed by atoms with E-state index in [0.717, 1.165) is 6.42 Å². The maximum absolute atomic E-state index is 11.2. The Kier molecular flexibility index (Phi) is 7.35. The Morgan fingerprint density at radius 1 is 1.47 bits per heavy atom. The second kappa shape index (κ2) is 8.05. The van der Waals surface area contributed by atoms with Gasteiger partial charge in [-0.05, 0) is 20.3 Å². The molecule has 0 aliphatic carbocycles. The minimum atomic E-state index is -0.102. The molecule has 0 aromatic rings. The first-order chi connectivity index (χ1) is 7.10. The molecule has 0 heterocycles. The SMILES string of the molecule is CCCNC(=O)CN=C(NN)NC(C)C. The molecule has 0 aliphatic heterocycles.